The largest absolute Gasteiger partial charge is 0.459 e. The summed E-state index contributed by atoms with van der Waals surface area (Å²) in [5.74, 6) is -0.142. The number of nitrogens with one attached hydrogen (secondary N) is 1. The van der Waals surface area contributed by atoms with Crippen LogP contribution in [0.2, 0.25) is 0 Å². The molecule has 0 spiro atoms. The van der Waals surface area contributed by atoms with Crippen LogP contribution in [-0.4, -0.2) is 25.8 Å². The molecule has 0 bridgehead atoms. The van der Waals surface area contributed by atoms with E-state index < -0.39 is 25.5 Å². The van der Waals surface area contributed by atoms with Crippen LogP contribution in [0.1, 0.15) is 16.1 Å². The third-order valence-electron chi connectivity index (χ3n) is 4.56. The number of nitrogens with zero attached hydrogens (tertiary/aromatic N) is 2. The molecule has 9 nitrogen and oxygen atoms in total. The predicted molar refractivity (Wildman–Crippen MR) is 104 cm³/mol. The molecule has 0 unspecified atom stereocenters. The maximum absolute atomic E-state index is 12.7. The molecule has 0 fully saturated rings. The first-order chi connectivity index (χ1) is 13.9. The Morgan fingerprint density at radius 1 is 1.14 bits per heavy atom. The number of fused-ring (bicyclic) bond motifs is 1. The van der Waals surface area contributed by atoms with Gasteiger partial charge in [0.15, 0.2) is 10.7 Å². The van der Waals surface area contributed by atoms with Crippen LogP contribution in [0.3, 0.4) is 0 Å². The van der Waals surface area contributed by atoms with Crippen LogP contribution in [0.4, 0.5) is 17.1 Å². The fourth-order valence-corrected chi connectivity index (χ4v) is 4.46. The lowest BCUT2D eigenvalue weighted by Gasteiger charge is -2.17. The molecule has 29 heavy (non-hydrogen) atoms. The smallest absolute Gasteiger partial charge is 0.293 e. The van der Waals surface area contributed by atoms with Gasteiger partial charge in [-0.25, -0.2) is 8.42 Å². The summed E-state index contributed by atoms with van der Waals surface area (Å²) < 4.78 is 33.0. The van der Waals surface area contributed by atoms with Crippen LogP contribution >= 0.6 is 0 Å². The molecule has 1 N–H and O–H groups in total. The molecule has 0 saturated heterocycles. The topological polar surface area (TPSA) is 123 Å². The van der Waals surface area contributed by atoms with Crippen LogP contribution in [0.5, 0.6) is 0 Å². The average molecular weight is 413 g/mol. The molecule has 4 rings (SSSR count). The fourth-order valence-electron chi connectivity index (χ4n) is 3.23. The van der Waals surface area contributed by atoms with E-state index in [1.165, 1.54) is 35.4 Å². The summed E-state index contributed by atoms with van der Waals surface area (Å²) in [5.41, 5.74) is 1.13. The van der Waals surface area contributed by atoms with Crippen molar-refractivity contribution < 1.29 is 22.6 Å². The summed E-state index contributed by atoms with van der Waals surface area (Å²) in [6.07, 6.45) is 2.03. The lowest BCUT2D eigenvalue weighted by Crippen LogP contribution is -2.28. The lowest BCUT2D eigenvalue weighted by atomic mass is 10.1. The molecule has 0 radical (unpaired) electrons. The molecule has 1 aliphatic rings. The minimum absolute atomic E-state index is 0.184. The number of anilines is 2. The first-order valence-electron chi connectivity index (χ1n) is 8.61. The van der Waals surface area contributed by atoms with E-state index in [2.05, 4.69) is 4.72 Å². The molecular formula is C19H15N3O6S. The van der Waals surface area contributed by atoms with Gasteiger partial charge >= 0.3 is 0 Å². The molecule has 10 heteroatoms. The van der Waals surface area contributed by atoms with Crippen LogP contribution in [-0.2, 0) is 16.4 Å². The SMILES string of the molecule is O=C(c1ccco1)N1CCc2ccc(NS(=O)(=O)c3ccccc3[N+](=O)[O-])cc21. The first-order valence-corrected chi connectivity index (χ1v) is 10.1. The minimum Gasteiger partial charge on any atom is -0.459 e. The predicted octanol–water partition coefficient (Wildman–Crippen LogP) is 3.19. The van der Waals surface area contributed by atoms with E-state index in [1.807, 2.05) is 0 Å². The zero-order valence-corrected chi connectivity index (χ0v) is 15.8. The Bertz CT molecular complexity index is 1200. The highest BCUT2D eigenvalue weighted by atomic mass is 32.2. The number of hydrogen-bond donors (Lipinski definition) is 1. The van der Waals surface area contributed by atoms with Gasteiger partial charge in [0, 0.05) is 18.3 Å². The lowest BCUT2D eigenvalue weighted by molar-refractivity contribution is -0.387. The average Bonchev–Trinajstić information content (AvgIpc) is 3.37. The summed E-state index contributed by atoms with van der Waals surface area (Å²) in [6, 6.07) is 13.1. The zero-order chi connectivity index (χ0) is 20.6. The molecule has 1 aliphatic heterocycles. The fraction of sp³-hybridized carbons (Fsp3) is 0.105. The molecule has 1 aromatic heterocycles. The minimum atomic E-state index is -4.20. The molecule has 2 aromatic carbocycles. The quantitative estimate of drug-likeness (QED) is 0.506. The zero-order valence-electron chi connectivity index (χ0n) is 14.9. The van der Waals surface area contributed by atoms with Gasteiger partial charge in [-0.15, -0.1) is 0 Å². The number of nitro groups is 1. The van der Waals surface area contributed by atoms with E-state index in [1.54, 1.807) is 24.3 Å². The maximum Gasteiger partial charge on any atom is 0.293 e. The third kappa shape index (κ3) is 3.45. The molecule has 2 heterocycles. The molecule has 0 saturated carbocycles. The second-order valence-electron chi connectivity index (χ2n) is 6.36. The van der Waals surface area contributed by atoms with Crippen LogP contribution < -0.4 is 9.62 Å². The van der Waals surface area contributed by atoms with Gasteiger partial charge in [-0.05, 0) is 42.3 Å². The van der Waals surface area contributed by atoms with Gasteiger partial charge in [0.25, 0.3) is 21.6 Å². The summed E-state index contributed by atoms with van der Waals surface area (Å²) >= 11 is 0. The van der Waals surface area contributed by atoms with Crippen molar-refractivity contribution in [3.8, 4) is 0 Å². The second kappa shape index (κ2) is 7.06. The Morgan fingerprint density at radius 3 is 2.66 bits per heavy atom. The number of sulfonamides is 1. The van der Waals surface area contributed by atoms with Gasteiger partial charge in [-0.2, -0.15) is 0 Å². The van der Waals surface area contributed by atoms with Crippen molar-refractivity contribution in [2.24, 2.45) is 0 Å². The van der Waals surface area contributed by atoms with Crippen molar-refractivity contribution in [2.75, 3.05) is 16.2 Å². The van der Waals surface area contributed by atoms with Crippen LogP contribution in [0.25, 0.3) is 0 Å². The Kier molecular flexibility index (Phi) is 4.55. The summed E-state index contributed by atoms with van der Waals surface area (Å²) in [6.45, 7) is 0.440. The third-order valence-corrected chi connectivity index (χ3v) is 5.99. The van der Waals surface area contributed by atoms with Gasteiger partial charge in [0.1, 0.15) is 0 Å². The highest BCUT2D eigenvalue weighted by Gasteiger charge is 2.29. The van der Waals surface area contributed by atoms with E-state index in [4.69, 9.17) is 4.42 Å². The normalized spacial score (nSPS) is 13.2. The number of rotatable bonds is 5. The van der Waals surface area contributed by atoms with E-state index in [0.717, 1.165) is 11.6 Å². The molecular weight excluding hydrogens is 398 g/mol. The molecule has 148 valence electrons. The van der Waals surface area contributed by atoms with Crippen LogP contribution in [0.15, 0.2) is 70.2 Å². The van der Waals surface area contributed by atoms with Crippen molar-refractivity contribution in [1.29, 1.82) is 0 Å². The van der Waals surface area contributed by atoms with Crippen molar-refractivity contribution in [1.82, 2.24) is 0 Å². The number of amides is 1. The van der Waals surface area contributed by atoms with Crippen molar-refractivity contribution >= 4 is 33.0 Å². The van der Waals surface area contributed by atoms with Crippen molar-refractivity contribution in [3.63, 3.8) is 0 Å². The van der Waals surface area contributed by atoms with Crippen LogP contribution in [0, 0.1) is 10.1 Å². The maximum atomic E-state index is 12.7. The summed E-state index contributed by atoms with van der Waals surface area (Å²) in [7, 11) is -4.20. The number of benzene rings is 2. The van der Waals surface area contributed by atoms with E-state index in [-0.39, 0.29) is 17.4 Å². The van der Waals surface area contributed by atoms with Gasteiger partial charge in [-0.3, -0.25) is 19.6 Å². The number of furan rings is 1. The van der Waals surface area contributed by atoms with E-state index in [9.17, 15) is 23.3 Å². The Labute approximate surface area is 165 Å². The van der Waals surface area contributed by atoms with Gasteiger partial charge in [-0.1, -0.05) is 18.2 Å². The number of hydrogen-bond acceptors (Lipinski definition) is 6. The Balaban J connectivity index is 1.66. The standard InChI is InChI=1S/C19H15N3O6S/c23-19(17-5-3-11-28-17)21-10-9-13-7-8-14(12-16(13)21)20-29(26,27)18-6-2-1-4-15(18)22(24)25/h1-8,11-12,20H,9-10H2. The summed E-state index contributed by atoms with van der Waals surface area (Å²) in [4.78, 5) is 24.1. The number of carbonyl (C=O) groups is 1. The second-order valence-corrected chi connectivity index (χ2v) is 8.01. The van der Waals surface area contributed by atoms with Gasteiger partial charge in [0.2, 0.25) is 0 Å². The monoisotopic (exact) mass is 413 g/mol. The van der Waals surface area contributed by atoms with Gasteiger partial charge < -0.3 is 9.32 Å². The molecule has 3 aromatic rings. The highest BCUT2D eigenvalue weighted by Crippen LogP contribution is 2.33. The van der Waals surface area contributed by atoms with E-state index in [0.29, 0.717) is 18.7 Å². The Hall–Kier alpha value is -3.66. The molecule has 1 amide bonds. The first kappa shape index (κ1) is 18.7. The number of nitro benzene ring substituents is 1. The van der Waals surface area contributed by atoms with Gasteiger partial charge in [0.05, 0.1) is 16.9 Å². The van der Waals surface area contributed by atoms with Crippen molar-refractivity contribution in [3.05, 3.63) is 82.3 Å². The molecule has 0 atom stereocenters. The number of carbonyl (C=O) groups excluding carboxylic acids is 1. The Morgan fingerprint density at radius 2 is 1.93 bits per heavy atom. The molecule has 0 aliphatic carbocycles. The summed E-state index contributed by atoms with van der Waals surface area (Å²) in [5, 5.41) is 11.2. The number of para-hydroxylation sites is 1. The van der Waals surface area contributed by atoms with E-state index >= 15 is 0 Å². The van der Waals surface area contributed by atoms with Crippen molar-refractivity contribution in [2.45, 2.75) is 11.3 Å². The highest BCUT2D eigenvalue weighted by molar-refractivity contribution is 7.92.